The third kappa shape index (κ3) is 4.49. The topological polar surface area (TPSA) is 62.6 Å². The molecular formula is C32H30N2O3. The third-order valence-corrected chi connectivity index (χ3v) is 7.89. The Morgan fingerprint density at radius 1 is 0.946 bits per heavy atom. The Bertz CT molecular complexity index is 1330. The van der Waals surface area contributed by atoms with Crippen molar-refractivity contribution in [2.75, 3.05) is 13.2 Å². The highest BCUT2D eigenvalue weighted by Gasteiger charge is 2.39. The van der Waals surface area contributed by atoms with E-state index < -0.39 is 0 Å². The molecule has 1 fully saturated rings. The van der Waals surface area contributed by atoms with Crippen LogP contribution >= 0.6 is 0 Å². The van der Waals surface area contributed by atoms with Crippen LogP contribution in [0, 0.1) is 11.3 Å². The number of hydrogen-bond acceptors (Lipinski definition) is 4. The van der Waals surface area contributed by atoms with Crippen molar-refractivity contribution in [3.63, 3.8) is 0 Å². The molecule has 2 heterocycles. The van der Waals surface area contributed by atoms with Crippen LogP contribution in [-0.2, 0) is 4.74 Å². The van der Waals surface area contributed by atoms with Crippen LogP contribution in [0.25, 0.3) is 16.7 Å². The van der Waals surface area contributed by atoms with Gasteiger partial charge in [0.25, 0.3) is 0 Å². The minimum Gasteiger partial charge on any atom is -0.493 e. The first kappa shape index (κ1) is 23.4. The van der Waals surface area contributed by atoms with Crippen LogP contribution in [0.2, 0.25) is 0 Å². The summed E-state index contributed by atoms with van der Waals surface area (Å²) in [5, 5.41) is 8.69. The molecule has 1 aliphatic carbocycles. The normalized spacial score (nSPS) is 19.9. The van der Waals surface area contributed by atoms with Crippen LogP contribution in [0.15, 0.2) is 78.9 Å². The lowest BCUT2D eigenvalue weighted by Crippen LogP contribution is -2.51. The zero-order valence-corrected chi connectivity index (χ0v) is 20.8. The van der Waals surface area contributed by atoms with E-state index in [9.17, 15) is 4.79 Å². The van der Waals surface area contributed by atoms with Crippen molar-refractivity contribution in [2.45, 2.75) is 50.1 Å². The Balaban J connectivity index is 1.16. The molecule has 0 spiro atoms. The highest BCUT2D eigenvalue weighted by atomic mass is 16.6. The second kappa shape index (κ2) is 10.1. The first-order valence-corrected chi connectivity index (χ1v) is 13.2. The maximum Gasteiger partial charge on any atom is 0.410 e. The minimum absolute atomic E-state index is 0.0599. The van der Waals surface area contributed by atoms with Gasteiger partial charge in [-0.15, -0.1) is 0 Å². The van der Waals surface area contributed by atoms with Gasteiger partial charge in [-0.25, -0.2) is 4.79 Å². The van der Waals surface area contributed by atoms with E-state index in [1.54, 1.807) is 0 Å². The molecular weight excluding hydrogens is 460 g/mol. The summed E-state index contributed by atoms with van der Waals surface area (Å²) >= 11 is 0. The van der Waals surface area contributed by atoms with Crippen molar-refractivity contribution in [3.05, 3.63) is 95.6 Å². The first-order valence-electron chi connectivity index (χ1n) is 13.2. The monoisotopic (exact) mass is 490 g/mol. The van der Waals surface area contributed by atoms with E-state index in [4.69, 9.17) is 14.7 Å². The molecule has 2 atom stereocenters. The van der Waals surface area contributed by atoms with Gasteiger partial charge in [-0.05, 0) is 71.2 Å². The standard InChI is InChI=1S/C32H30N2O3/c33-17-6-18-36-26-15-13-22(14-16-26)23-19-24-7-5-8-25(20-23)34(24)32(35)37-21-31-29-11-3-1-9-27(29)28-10-2-4-12-30(28)31/h1-4,9-16,19,24-25,31H,5-8,18,20-21H2. The third-order valence-electron chi connectivity index (χ3n) is 7.89. The number of fused-ring (bicyclic) bond motifs is 5. The molecule has 6 rings (SSSR count). The summed E-state index contributed by atoms with van der Waals surface area (Å²) in [7, 11) is 0. The molecule has 0 N–H and O–H groups in total. The molecule has 2 aliphatic heterocycles. The number of nitrogens with zero attached hydrogens (tertiary/aromatic N) is 2. The van der Waals surface area contributed by atoms with Crippen LogP contribution in [0.5, 0.6) is 5.75 Å². The molecule has 3 aromatic carbocycles. The second-order valence-corrected chi connectivity index (χ2v) is 10.0. The minimum atomic E-state index is -0.201. The summed E-state index contributed by atoms with van der Waals surface area (Å²) in [5.41, 5.74) is 7.39. The molecule has 3 aromatic rings. The van der Waals surface area contributed by atoms with Crippen molar-refractivity contribution in [2.24, 2.45) is 0 Å². The van der Waals surface area contributed by atoms with Crippen molar-refractivity contribution in [1.82, 2.24) is 4.90 Å². The van der Waals surface area contributed by atoms with Crippen LogP contribution in [0.4, 0.5) is 4.79 Å². The number of benzene rings is 3. The van der Waals surface area contributed by atoms with E-state index in [2.05, 4.69) is 72.8 Å². The number of hydrogen-bond donors (Lipinski definition) is 0. The molecule has 5 heteroatoms. The van der Waals surface area contributed by atoms with Gasteiger partial charge in [-0.2, -0.15) is 5.26 Å². The van der Waals surface area contributed by atoms with E-state index in [0.29, 0.717) is 19.6 Å². The van der Waals surface area contributed by atoms with Gasteiger partial charge in [0, 0.05) is 12.0 Å². The molecule has 0 radical (unpaired) electrons. The zero-order chi connectivity index (χ0) is 25.2. The fraction of sp³-hybridized carbons (Fsp3) is 0.312. The predicted octanol–water partition coefficient (Wildman–Crippen LogP) is 6.94. The van der Waals surface area contributed by atoms with Gasteiger partial charge in [-0.1, -0.05) is 66.7 Å². The summed E-state index contributed by atoms with van der Waals surface area (Å²) in [6.45, 7) is 0.754. The van der Waals surface area contributed by atoms with Crippen LogP contribution in [-0.4, -0.2) is 36.3 Å². The van der Waals surface area contributed by atoms with Crippen molar-refractivity contribution >= 4 is 11.7 Å². The number of piperidine rings is 1. The number of nitriles is 1. The quantitative estimate of drug-likeness (QED) is 0.351. The SMILES string of the molecule is N#CCCOc1ccc(C2=CC3CCCC(C2)N3C(=O)OCC2c3ccccc3-c3ccccc32)cc1. The second-order valence-electron chi connectivity index (χ2n) is 10.0. The predicted molar refractivity (Wildman–Crippen MR) is 143 cm³/mol. The Labute approximate surface area is 217 Å². The molecule has 1 saturated heterocycles. The molecule has 1 amide bonds. The highest BCUT2D eigenvalue weighted by Crippen LogP contribution is 2.45. The average molecular weight is 491 g/mol. The molecule has 186 valence electrons. The van der Waals surface area contributed by atoms with E-state index >= 15 is 0 Å². The fourth-order valence-corrected chi connectivity index (χ4v) is 6.18. The Kier molecular flexibility index (Phi) is 6.40. The number of carbonyl (C=O) groups excluding carboxylic acids is 1. The van der Waals surface area contributed by atoms with E-state index in [1.165, 1.54) is 27.8 Å². The summed E-state index contributed by atoms with van der Waals surface area (Å²) in [6.07, 6.45) is 6.33. The van der Waals surface area contributed by atoms with Crippen LogP contribution < -0.4 is 4.74 Å². The molecule has 3 aliphatic rings. The first-order chi connectivity index (χ1) is 18.2. The van der Waals surface area contributed by atoms with E-state index in [0.717, 1.165) is 37.0 Å². The largest absolute Gasteiger partial charge is 0.493 e. The lowest BCUT2D eigenvalue weighted by atomic mass is 9.83. The Morgan fingerprint density at radius 2 is 1.65 bits per heavy atom. The van der Waals surface area contributed by atoms with Crippen molar-refractivity contribution in [1.29, 1.82) is 5.26 Å². The molecule has 37 heavy (non-hydrogen) atoms. The lowest BCUT2D eigenvalue weighted by Gasteiger charge is -2.44. The molecule has 0 aromatic heterocycles. The number of carbonyl (C=O) groups is 1. The van der Waals surface area contributed by atoms with Crippen LogP contribution in [0.3, 0.4) is 0 Å². The van der Waals surface area contributed by atoms with Crippen LogP contribution in [0.1, 0.15) is 54.7 Å². The highest BCUT2D eigenvalue weighted by molar-refractivity contribution is 5.79. The molecule has 2 bridgehead atoms. The number of ether oxygens (including phenoxy) is 2. The molecule has 2 unspecified atom stereocenters. The summed E-state index contributed by atoms with van der Waals surface area (Å²) in [6, 6.07) is 27.2. The summed E-state index contributed by atoms with van der Waals surface area (Å²) < 4.78 is 11.7. The van der Waals surface area contributed by atoms with Crippen molar-refractivity contribution in [3.8, 4) is 22.9 Å². The molecule has 0 saturated carbocycles. The lowest BCUT2D eigenvalue weighted by molar-refractivity contribution is 0.0539. The van der Waals surface area contributed by atoms with E-state index in [-0.39, 0.29) is 24.1 Å². The zero-order valence-electron chi connectivity index (χ0n) is 20.8. The Hall–Kier alpha value is -4.04. The summed E-state index contributed by atoms with van der Waals surface area (Å²) in [5.74, 6) is 0.844. The van der Waals surface area contributed by atoms with Gasteiger partial charge in [0.2, 0.25) is 0 Å². The number of amides is 1. The van der Waals surface area contributed by atoms with Gasteiger partial charge in [0.1, 0.15) is 19.0 Å². The van der Waals surface area contributed by atoms with Gasteiger partial charge < -0.3 is 9.47 Å². The maximum absolute atomic E-state index is 13.4. The van der Waals surface area contributed by atoms with Gasteiger partial charge >= 0.3 is 6.09 Å². The Morgan fingerprint density at radius 3 is 2.32 bits per heavy atom. The smallest absolute Gasteiger partial charge is 0.410 e. The maximum atomic E-state index is 13.4. The van der Waals surface area contributed by atoms with E-state index in [1.807, 2.05) is 17.0 Å². The summed E-state index contributed by atoms with van der Waals surface area (Å²) in [4.78, 5) is 15.4. The average Bonchev–Trinajstić information content (AvgIpc) is 3.25. The van der Waals surface area contributed by atoms with Crippen molar-refractivity contribution < 1.29 is 14.3 Å². The number of rotatable bonds is 6. The van der Waals surface area contributed by atoms with Gasteiger partial charge in [-0.3, -0.25) is 4.90 Å². The van der Waals surface area contributed by atoms with Gasteiger partial charge in [0.05, 0.1) is 18.5 Å². The van der Waals surface area contributed by atoms with Gasteiger partial charge in [0.15, 0.2) is 0 Å². The fourth-order valence-electron chi connectivity index (χ4n) is 6.18. The molecule has 5 nitrogen and oxygen atoms in total.